The zero-order valence-corrected chi connectivity index (χ0v) is 14.1. The average molecular weight is 326 g/mol. The molecule has 2 aromatic rings. The summed E-state index contributed by atoms with van der Waals surface area (Å²) < 4.78 is 24.0. The van der Waals surface area contributed by atoms with Gasteiger partial charge in [0.2, 0.25) is 0 Å². The summed E-state index contributed by atoms with van der Waals surface area (Å²) in [6.07, 6.45) is 1.91. The highest BCUT2D eigenvalue weighted by atomic mass is 31.2. The standard InChI is InChI=1S/C19H19O3P/c1-3-21-23(20)14-18(16-7-5-4-6-8-16)13-19(22-23)17-11-9-15(2)10-12-17/h4-14H,3H2,1-2H3. The largest absolute Gasteiger partial charge is 0.421 e. The van der Waals surface area contributed by atoms with Crippen LogP contribution in [0.15, 0.2) is 66.5 Å². The van der Waals surface area contributed by atoms with Gasteiger partial charge in [0.15, 0.2) is 0 Å². The molecule has 0 saturated carbocycles. The smallest absolute Gasteiger partial charge is 0.404 e. The molecule has 0 saturated heterocycles. The second kappa shape index (κ2) is 6.57. The summed E-state index contributed by atoms with van der Waals surface area (Å²) in [6.45, 7) is 4.17. The van der Waals surface area contributed by atoms with Crippen LogP contribution in [0.25, 0.3) is 11.3 Å². The Kier molecular flexibility index (Phi) is 4.51. The van der Waals surface area contributed by atoms with Crippen LogP contribution in [0, 0.1) is 6.92 Å². The predicted molar refractivity (Wildman–Crippen MR) is 93.9 cm³/mol. The monoisotopic (exact) mass is 326 g/mol. The van der Waals surface area contributed by atoms with Crippen LogP contribution in [-0.4, -0.2) is 6.61 Å². The van der Waals surface area contributed by atoms with Gasteiger partial charge >= 0.3 is 7.60 Å². The van der Waals surface area contributed by atoms with Gasteiger partial charge in [-0.1, -0.05) is 60.2 Å². The van der Waals surface area contributed by atoms with Crippen molar-refractivity contribution >= 4 is 18.9 Å². The van der Waals surface area contributed by atoms with E-state index in [9.17, 15) is 4.57 Å². The van der Waals surface area contributed by atoms with Crippen molar-refractivity contribution in [3.63, 3.8) is 0 Å². The molecule has 0 N–H and O–H groups in total. The van der Waals surface area contributed by atoms with Gasteiger partial charge in [0.25, 0.3) is 0 Å². The van der Waals surface area contributed by atoms with E-state index in [1.165, 1.54) is 0 Å². The summed E-state index contributed by atoms with van der Waals surface area (Å²) in [5.74, 6) is 2.17. The van der Waals surface area contributed by atoms with Crippen LogP contribution >= 0.6 is 7.60 Å². The molecular formula is C19H19O3P. The topological polar surface area (TPSA) is 35.5 Å². The van der Waals surface area contributed by atoms with Crippen LogP contribution in [0.2, 0.25) is 0 Å². The van der Waals surface area contributed by atoms with Crippen molar-refractivity contribution in [2.45, 2.75) is 13.8 Å². The van der Waals surface area contributed by atoms with Gasteiger partial charge in [-0.2, -0.15) is 0 Å². The summed E-state index contributed by atoms with van der Waals surface area (Å²) in [5.41, 5.74) is 3.89. The maximum Gasteiger partial charge on any atom is 0.404 e. The highest BCUT2D eigenvalue weighted by molar-refractivity contribution is 7.58. The van der Waals surface area contributed by atoms with E-state index in [1.807, 2.05) is 74.5 Å². The Morgan fingerprint density at radius 1 is 1.00 bits per heavy atom. The molecule has 2 aromatic carbocycles. The molecule has 0 aromatic heterocycles. The molecule has 4 heteroatoms. The molecule has 23 heavy (non-hydrogen) atoms. The van der Waals surface area contributed by atoms with Crippen LogP contribution in [0.5, 0.6) is 0 Å². The first-order chi connectivity index (χ1) is 11.1. The fourth-order valence-electron chi connectivity index (χ4n) is 2.42. The second-order valence-corrected chi connectivity index (χ2v) is 7.15. The lowest BCUT2D eigenvalue weighted by Crippen LogP contribution is -2.00. The van der Waals surface area contributed by atoms with Gasteiger partial charge in [0, 0.05) is 11.4 Å². The van der Waals surface area contributed by atoms with E-state index < -0.39 is 7.60 Å². The van der Waals surface area contributed by atoms with Gasteiger partial charge in [-0.05, 0) is 31.1 Å². The van der Waals surface area contributed by atoms with E-state index >= 15 is 0 Å². The van der Waals surface area contributed by atoms with Crippen LogP contribution in [0.1, 0.15) is 23.6 Å². The third-order valence-corrected chi connectivity index (χ3v) is 5.23. The molecule has 0 radical (unpaired) electrons. The molecule has 0 amide bonds. The van der Waals surface area contributed by atoms with Crippen molar-refractivity contribution in [3.05, 3.63) is 83.2 Å². The molecule has 118 valence electrons. The second-order valence-electron chi connectivity index (χ2n) is 5.37. The number of aryl methyl sites for hydroxylation is 1. The summed E-state index contributed by atoms with van der Waals surface area (Å²) in [4.78, 5) is 0. The fourth-order valence-corrected chi connectivity index (χ4v) is 3.96. The number of rotatable bonds is 4. The van der Waals surface area contributed by atoms with Gasteiger partial charge in [0.05, 0.1) is 6.61 Å². The molecule has 0 spiro atoms. The van der Waals surface area contributed by atoms with Crippen molar-refractivity contribution in [2.75, 3.05) is 6.61 Å². The zero-order valence-electron chi connectivity index (χ0n) is 13.2. The highest BCUT2D eigenvalue weighted by Gasteiger charge is 2.29. The predicted octanol–water partition coefficient (Wildman–Crippen LogP) is 5.64. The van der Waals surface area contributed by atoms with E-state index in [0.717, 1.165) is 22.3 Å². The Morgan fingerprint density at radius 2 is 1.70 bits per heavy atom. The van der Waals surface area contributed by atoms with E-state index in [0.29, 0.717) is 12.4 Å². The Balaban J connectivity index is 2.06. The molecular weight excluding hydrogens is 307 g/mol. The molecule has 0 aliphatic carbocycles. The quantitative estimate of drug-likeness (QED) is 0.682. The molecule has 1 heterocycles. The zero-order chi connectivity index (χ0) is 16.3. The normalized spacial score (nSPS) is 20.4. The Morgan fingerprint density at radius 3 is 2.35 bits per heavy atom. The summed E-state index contributed by atoms with van der Waals surface area (Å²) in [5, 5.41) is 0. The molecule has 0 fully saturated rings. The summed E-state index contributed by atoms with van der Waals surface area (Å²) in [7, 11) is -3.30. The minimum absolute atomic E-state index is 0.330. The molecule has 3 nitrogen and oxygen atoms in total. The molecule has 3 rings (SSSR count). The van der Waals surface area contributed by atoms with Crippen molar-refractivity contribution in [3.8, 4) is 0 Å². The van der Waals surface area contributed by atoms with E-state index in [2.05, 4.69) is 0 Å². The number of hydrogen-bond donors (Lipinski definition) is 0. The highest BCUT2D eigenvalue weighted by Crippen LogP contribution is 2.57. The first-order valence-corrected chi connectivity index (χ1v) is 9.22. The van der Waals surface area contributed by atoms with Crippen molar-refractivity contribution < 1.29 is 13.6 Å². The van der Waals surface area contributed by atoms with Crippen LogP contribution in [0.3, 0.4) is 0 Å². The summed E-state index contributed by atoms with van der Waals surface area (Å²) >= 11 is 0. The van der Waals surface area contributed by atoms with Crippen LogP contribution < -0.4 is 0 Å². The number of benzene rings is 2. The minimum Gasteiger partial charge on any atom is -0.421 e. The van der Waals surface area contributed by atoms with E-state index in [-0.39, 0.29) is 0 Å². The lowest BCUT2D eigenvalue weighted by atomic mass is 10.0. The van der Waals surface area contributed by atoms with Crippen molar-refractivity contribution in [2.24, 2.45) is 0 Å². The summed E-state index contributed by atoms with van der Waals surface area (Å²) in [6, 6.07) is 17.8. The maximum atomic E-state index is 12.9. The lowest BCUT2D eigenvalue weighted by Gasteiger charge is -2.23. The molecule has 0 bridgehead atoms. The first-order valence-electron chi connectivity index (χ1n) is 7.60. The molecule has 1 unspecified atom stereocenters. The van der Waals surface area contributed by atoms with Crippen molar-refractivity contribution in [1.29, 1.82) is 0 Å². The van der Waals surface area contributed by atoms with Gasteiger partial charge in [-0.25, -0.2) is 4.57 Å². The minimum atomic E-state index is -3.30. The van der Waals surface area contributed by atoms with Crippen LogP contribution in [0.4, 0.5) is 0 Å². The van der Waals surface area contributed by atoms with Crippen LogP contribution in [-0.2, 0) is 13.6 Å². The van der Waals surface area contributed by atoms with Gasteiger partial charge < -0.3 is 4.52 Å². The number of allylic oxidation sites excluding steroid dienone is 2. The van der Waals surface area contributed by atoms with E-state index in [4.69, 9.17) is 9.05 Å². The Bertz CT molecular complexity index is 789. The van der Waals surface area contributed by atoms with Crippen molar-refractivity contribution in [1.82, 2.24) is 0 Å². The molecule has 1 atom stereocenters. The molecule has 1 aliphatic rings. The first kappa shape index (κ1) is 15.8. The SMILES string of the molecule is CCOP1(=O)C=C(c2ccccc2)C=C(c2ccc(C)cc2)O1. The van der Waals surface area contributed by atoms with Gasteiger partial charge in [-0.3, -0.25) is 4.52 Å². The number of hydrogen-bond acceptors (Lipinski definition) is 3. The third kappa shape index (κ3) is 3.64. The van der Waals surface area contributed by atoms with Gasteiger partial charge in [-0.15, -0.1) is 0 Å². The third-order valence-electron chi connectivity index (χ3n) is 3.56. The van der Waals surface area contributed by atoms with E-state index in [1.54, 1.807) is 5.82 Å². The average Bonchev–Trinajstić information content (AvgIpc) is 2.56. The lowest BCUT2D eigenvalue weighted by molar-refractivity contribution is 0.278. The fraction of sp³-hybridized carbons (Fsp3) is 0.158. The Hall–Kier alpha value is -2.09. The van der Waals surface area contributed by atoms with Gasteiger partial charge in [0.1, 0.15) is 5.76 Å². The molecule has 1 aliphatic heterocycles. The maximum absolute atomic E-state index is 12.9. The Labute approximate surface area is 136 Å².